The highest BCUT2D eigenvalue weighted by Crippen LogP contribution is 2.32. The average molecular weight is 485 g/mol. The first kappa shape index (κ1) is 24.0. The molecule has 0 bridgehead atoms. The number of rotatable bonds is 5. The SMILES string of the molecule is COc1ccc(C(=O)Nc2ccc3c(C)cc(=O)oc3c2)cc1S(=O)(=O)N1C[C@H](C)C[C@@H](C)C1. The zero-order valence-corrected chi connectivity index (χ0v) is 20.4. The second-order valence-corrected chi connectivity index (χ2v) is 11.0. The number of piperidine rings is 1. The van der Waals surface area contributed by atoms with Crippen molar-refractivity contribution < 1.29 is 22.4 Å². The van der Waals surface area contributed by atoms with Gasteiger partial charge in [-0.3, -0.25) is 4.79 Å². The number of hydrogen-bond acceptors (Lipinski definition) is 6. The van der Waals surface area contributed by atoms with Crippen molar-refractivity contribution in [2.75, 3.05) is 25.5 Å². The molecule has 0 spiro atoms. The molecule has 0 radical (unpaired) electrons. The van der Waals surface area contributed by atoms with E-state index in [0.29, 0.717) is 24.4 Å². The zero-order valence-electron chi connectivity index (χ0n) is 19.6. The smallest absolute Gasteiger partial charge is 0.336 e. The zero-order chi connectivity index (χ0) is 24.6. The van der Waals surface area contributed by atoms with Crippen molar-refractivity contribution in [3.8, 4) is 5.75 Å². The molecule has 1 N–H and O–H groups in total. The topological polar surface area (TPSA) is 106 Å². The van der Waals surface area contributed by atoms with E-state index < -0.39 is 21.6 Å². The second-order valence-electron chi connectivity index (χ2n) is 9.05. The average Bonchev–Trinajstić information content (AvgIpc) is 2.77. The molecule has 34 heavy (non-hydrogen) atoms. The Labute approximate surface area is 198 Å². The Hall–Kier alpha value is -3.17. The van der Waals surface area contributed by atoms with Gasteiger partial charge in [-0.05, 0) is 61.1 Å². The van der Waals surface area contributed by atoms with Gasteiger partial charge in [-0.2, -0.15) is 4.31 Å². The Kier molecular flexibility index (Phi) is 6.51. The van der Waals surface area contributed by atoms with E-state index in [1.54, 1.807) is 25.1 Å². The summed E-state index contributed by atoms with van der Waals surface area (Å²) in [5.74, 6) is 0.180. The minimum Gasteiger partial charge on any atom is -0.495 e. The van der Waals surface area contributed by atoms with Crippen LogP contribution in [0.25, 0.3) is 11.0 Å². The molecule has 0 saturated carbocycles. The van der Waals surface area contributed by atoms with Crippen molar-refractivity contribution in [2.45, 2.75) is 32.1 Å². The van der Waals surface area contributed by atoms with Gasteiger partial charge < -0.3 is 14.5 Å². The monoisotopic (exact) mass is 484 g/mol. The van der Waals surface area contributed by atoms with Crippen LogP contribution in [0.15, 0.2) is 56.6 Å². The number of benzene rings is 2. The second kappa shape index (κ2) is 9.23. The maximum absolute atomic E-state index is 13.5. The number of sulfonamides is 1. The number of nitrogens with one attached hydrogen (secondary N) is 1. The first-order valence-electron chi connectivity index (χ1n) is 11.1. The van der Waals surface area contributed by atoms with Gasteiger partial charge >= 0.3 is 5.63 Å². The predicted molar refractivity (Wildman–Crippen MR) is 130 cm³/mol. The summed E-state index contributed by atoms with van der Waals surface area (Å²) in [7, 11) is -2.46. The molecule has 2 heterocycles. The third kappa shape index (κ3) is 4.71. The molecule has 8 nitrogen and oxygen atoms in total. The van der Waals surface area contributed by atoms with Gasteiger partial charge in [-0.25, -0.2) is 13.2 Å². The summed E-state index contributed by atoms with van der Waals surface area (Å²) in [5, 5.41) is 3.51. The lowest BCUT2D eigenvalue weighted by atomic mass is 9.94. The van der Waals surface area contributed by atoms with Crippen LogP contribution in [0.2, 0.25) is 0 Å². The number of hydrogen-bond donors (Lipinski definition) is 1. The van der Waals surface area contributed by atoms with Crippen molar-refractivity contribution in [2.24, 2.45) is 11.8 Å². The highest BCUT2D eigenvalue weighted by Gasteiger charge is 2.34. The summed E-state index contributed by atoms with van der Waals surface area (Å²) in [6.45, 7) is 6.72. The first-order valence-corrected chi connectivity index (χ1v) is 12.6. The molecule has 9 heteroatoms. The van der Waals surface area contributed by atoms with E-state index in [4.69, 9.17) is 9.15 Å². The third-order valence-corrected chi connectivity index (χ3v) is 7.94. The molecule has 1 aliphatic heterocycles. The van der Waals surface area contributed by atoms with E-state index >= 15 is 0 Å². The van der Waals surface area contributed by atoms with Crippen molar-refractivity contribution in [3.63, 3.8) is 0 Å². The predicted octanol–water partition coefficient (Wildman–Crippen LogP) is 4.03. The van der Waals surface area contributed by atoms with Gasteiger partial charge in [0.15, 0.2) is 0 Å². The number of ether oxygens (including phenoxy) is 1. The molecular weight excluding hydrogens is 456 g/mol. The minimum absolute atomic E-state index is 0.0379. The number of nitrogens with zero attached hydrogens (tertiary/aromatic N) is 1. The van der Waals surface area contributed by atoms with E-state index in [9.17, 15) is 18.0 Å². The van der Waals surface area contributed by atoms with E-state index in [2.05, 4.69) is 5.32 Å². The maximum atomic E-state index is 13.5. The molecule has 1 fully saturated rings. The van der Waals surface area contributed by atoms with Crippen LogP contribution in [0.5, 0.6) is 5.75 Å². The lowest BCUT2D eigenvalue weighted by Gasteiger charge is -2.34. The maximum Gasteiger partial charge on any atom is 0.336 e. The Balaban J connectivity index is 1.65. The van der Waals surface area contributed by atoms with Crippen LogP contribution in [0.4, 0.5) is 5.69 Å². The quantitative estimate of drug-likeness (QED) is 0.548. The van der Waals surface area contributed by atoms with Crippen LogP contribution < -0.4 is 15.7 Å². The van der Waals surface area contributed by atoms with Gasteiger partial charge in [-0.15, -0.1) is 0 Å². The number of carbonyl (C=O) groups excluding carboxylic acids is 1. The van der Waals surface area contributed by atoms with Crippen LogP contribution in [-0.4, -0.2) is 38.8 Å². The molecule has 0 unspecified atom stereocenters. The Morgan fingerprint density at radius 1 is 1.09 bits per heavy atom. The fraction of sp³-hybridized carbons (Fsp3) is 0.360. The standard InChI is InChI=1S/C25H28N2O6S/c1-15-9-16(2)14-27(13-15)34(30,31)23-11-18(5-8-21(23)32-4)25(29)26-19-6-7-20-17(3)10-24(28)33-22(20)12-19/h5-8,10-12,15-16H,9,13-14H2,1-4H3,(H,26,29)/t15-,16-/m1/s1. The molecule has 1 aromatic heterocycles. The van der Waals surface area contributed by atoms with Crippen molar-refractivity contribution in [3.05, 3.63) is 64.0 Å². The van der Waals surface area contributed by atoms with Crippen molar-refractivity contribution in [1.29, 1.82) is 0 Å². The van der Waals surface area contributed by atoms with Gasteiger partial charge in [0, 0.05) is 41.9 Å². The molecule has 1 amide bonds. The molecule has 0 aliphatic carbocycles. The number of fused-ring (bicyclic) bond motifs is 1. The fourth-order valence-electron chi connectivity index (χ4n) is 4.57. The van der Waals surface area contributed by atoms with Crippen molar-refractivity contribution >= 4 is 32.6 Å². The van der Waals surface area contributed by atoms with Crippen LogP contribution >= 0.6 is 0 Å². The van der Waals surface area contributed by atoms with Crippen LogP contribution in [-0.2, 0) is 10.0 Å². The summed E-state index contributed by atoms with van der Waals surface area (Å²) in [6.07, 6.45) is 0.969. The Morgan fingerprint density at radius 2 is 1.79 bits per heavy atom. The van der Waals surface area contributed by atoms with Gasteiger partial charge in [0.05, 0.1) is 7.11 Å². The summed E-state index contributed by atoms with van der Waals surface area (Å²) in [5.41, 5.74) is 1.25. The Bertz CT molecular complexity index is 1400. The summed E-state index contributed by atoms with van der Waals surface area (Å²) in [4.78, 5) is 24.6. The lowest BCUT2D eigenvalue weighted by molar-refractivity contribution is 0.102. The lowest BCUT2D eigenvalue weighted by Crippen LogP contribution is -2.42. The molecule has 4 rings (SSSR count). The summed E-state index contributed by atoms with van der Waals surface area (Å²) >= 11 is 0. The Morgan fingerprint density at radius 3 is 2.47 bits per heavy atom. The van der Waals surface area contributed by atoms with E-state index in [1.165, 1.54) is 35.7 Å². The molecule has 1 saturated heterocycles. The van der Waals surface area contributed by atoms with Crippen LogP contribution in [0.3, 0.4) is 0 Å². The highest BCUT2D eigenvalue weighted by molar-refractivity contribution is 7.89. The van der Waals surface area contributed by atoms with Gasteiger partial charge in [0.25, 0.3) is 5.91 Å². The highest BCUT2D eigenvalue weighted by atomic mass is 32.2. The molecule has 180 valence electrons. The fourth-order valence-corrected chi connectivity index (χ4v) is 6.43. The van der Waals surface area contributed by atoms with E-state index in [-0.39, 0.29) is 28.0 Å². The van der Waals surface area contributed by atoms with Gasteiger partial charge in [0.2, 0.25) is 10.0 Å². The molecule has 1 aliphatic rings. The number of aryl methyl sites for hydroxylation is 1. The van der Waals surface area contributed by atoms with Gasteiger partial charge in [0.1, 0.15) is 16.2 Å². The van der Waals surface area contributed by atoms with E-state index in [1.807, 2.05) is 13.8 Å². The van der Waals surface area contributed by atoms with Crippen LogP contribution in [0.1, 0.15) is 36.2 Å². The van der Waals surface area contributed by atoms with E-state index in [0.717, 1.165) is 17.4 Å². The number of methoxy groups -OCH3 is 1. The number of amides is 1. The van der Waals surface area contributed by atoms with Gasteiger partial charge in [-0.1, -0.05) is 13.8 Å². The summed E-state index contributed by atoms with van der Waals surface area (Å²) < 4.78 is 39.0. The number of carbonyl (C=O) groups is 1. The minimum atomic E-state index is -3.86. The first-order chi connectivity index (χ1) is 16.1. The molecule has 3 aromatic rings. The largest absolute Gasteiger partial charge is 0.495 e. The molecule has 2 aromatic carbocycles. The summed E-state index contributed by atoms with van der Waals surface area (Å²) in [6, 6.07) is 10.8. The number of anilines is 1. The molecule has 2 atom stereocenters. The van der Waals surface area contributed by atoms with Crippen LogP contribution in [0, 0.1) is 18.8 Å². The molecular formula is C25H28N2O6S. The van der Waals surface area contributed by atoms with Crippen molar-refractivity contribution in [1.82, 2.24) is 4.31 Å². The normalized spacial score (nSPS) is 19.2. The third-order valence-electron chi connectivity index (χ3n) is 6.09.